The number of fused-ring (bicyclic) bond motifs is 2. The van der Waals surface area contributed by atoms with E-state index in [1.807, 2.05) is 12.1 Å². The Morgan fingerprint density at radius 3 is 3.00 bits per heavy atom. The van der Waals surface area contributed by atoms with E-state index < -0.39 is 0 Å². The van der Waals surface area contributed by atoms with Crippen molar-refractivity contribution in [2.24, 2.45) is 0 Å². The molecule has 4 nitrogen and oxygen atoms in total. The highest BCUT2D eigenvalue weighted by atomic mass is 32.1. The predicted molar refractivity (Wildman–Crippen MR) is 64.7 cm³/mol. The van der Waals surface area contributed by atoms with Gasteiger partial charge in [-0.1, -0.05) is 12.1 Å². The number of thiophene rings is 1. The van der Waals surface area contributed by atoms with Gasteiger partial charge in [0.25, 0.3) is 5.91 Å². The minimum atomic E-state index is -0.208. The van der Waals surface area contributed by atoms with Crippen LogP contribution in [0.4, 0.5) is 5.69 Å². The third-order valence-electron chi connectivity index (χ3n) is 2.49. The van der Waals surface area contributed by atoms with Gasteiger partial charge in [-0.25, -0.2) is 0 Å². The first-order valence-corrected chi connectivity index (χ1v) is 5.91. The quantitative estimate of drug-likeness (QED) is 0.814. The Morgan fingerprint density at radius 2 is 2.18 bits per heavy atom. The molecular formula is C12H9NO3S. The summed E-state index contributed by atoms with van der Waals surface area (Å²) in [5.74, 6) is 0.409. The average molecular weight is 247 g/mol. The van der Waals surface area contributed by atoms with Crippen LogP contribution >= 0.6 is 11.3 Å². The summed E-state index contributed by atoms with van der Waals surface area (Å²) in [6, 6.07) is 8.92. The van der Waals surface area contributed by atoms with Gasteiger partial charge in [0, 0.05) is 4.88 Å². The molecule has 17 heavy (non-hydrogen) atoms. The number of amides is 1. The normalized spacial score (nSPS) is 13.1. The molecule has 86 valence electrons. The number of aliphatic hydroxyl groups is 1. The average Bonchev–Trinajstić information content (AvgIpc) is 2.69. The molecule has 1 aromatic heterocycles. The Kier molecular flexibility index (Phi) is 2.35. The van der Waals surface area contributed by atoms with Crippen molar-refractivity contribution in [3.05, 3.63) is 40.8 Å². The number of aliphatic hydroxyl groups excluding tert-OH is 1. The molecule has 0 saturated heterocycles. The standard InChI is InChI=1S/C12H9NO3S/c14-6-7-5-8-11(15)13-9-3-1-2-4-10(9)16-12(8)17-7/h1-5,14H,6H2,(H,13,15). The molecule has 0 saturated carbocycles. The van der Waals surface area contributed by atoms with Crippen LogP contribution in [0, 0.1) is 0 Å². The zero-order valence-electron chi connectivity index (χ0n) is 8.77. The maximum atomic E-state index is 11.9. The molecule has 3 rings (SSSR count). The highest BCUT2D eigenvalue weighted by molar-refractivity contribution is 7.14. The maximum absolute atomic E-state index is 11.9. The number of benzene rings is 1. The molecular weight excluding hydrogens is 238 g/mol. The smallest absolute Gasteiger partial charge is 0.260 e. The summed E-state index contributed by atoms with van der Waals surface area (Å²) in [5.41, 5.74) is 1.13. The van der Waals surface area contributed by atoms with Gasteiger partial charge in [0.05, 0.1) is 17.9 Å². The van der Waals surface area contributed by atoms with E-state index in [9.17, 15) is 4.79 Å². The molecule has 1 aliphatic heterocycles. The SMILES string of the molecule is O=C1Nc2ccccc2Oc2sc(CO)cc21. The van der Waals surface area contributed by atoms with Gasteiger partial charge in [0.2, 0.25) is 0 Å². The minimum absolute atomic E-state index is 0.0873. The summed E-state index contributed by atoms with van der Waals surface area (Å²) in [7, 11) is 0. The first-order chi connectivity index (χ1) is 8.28. The Hall–Kier alpha value is -1.85. The second kappa shape index (κ2) is 3.87. The zero-order valence-corrected chi connectivity index (χ0v) is 9.58. The van der Waals surface area contributed by atoms with E-state index in [0.717, 1.165) is 0 Å². The van der Waals surface area contributed by atoms with Gasteiger partial charge in [-0.3, -0.25) is 4.79 Å². The van der Waals surface area contributed by atoms with Crippen LogP contribution in [0.2, 0.25) is 0 Å². The molecule has 5 heteroatoms. The lowest BCUT2D eigenvalue weighted by Crippen LogP contribution is -2.09. The van der Waals surface area contributed by atoms with Gasteiger partial charge in [0.1, 0.15) is 0 Å². The fraction of sp³-hybridized carbons (Fsp3) is 0.0833. The first kappa shape index (κ1) is 10.3. The molecule has 0 spiro atoms. The number of anilines is 1. The monoisotopic (exact) mass is 247 g/mol. The molecule has 0 atom stereocenters. The molecule has 0 bridgehead atoms. The maximum Gasteiger partial charge on any atom is 0.260 e. The van der Waals surface area contributed by atoms with Crippen molar-refractivity contribution in [3.63, 3.8) is 0 Å². The fourth-order valence-corrected chi connectivity index (χ4v) is 2.56. The summed E-state index contributed by atoms with van der Waals surface area (Å²) in [5, 5.41) is 12.4. The molecule has 1 amide bonds. The molecule has 1 aliphatic rings. The second-order valence-corrected chi connectivity index (χ2v) is 4.72. The number of para-hydroxylation sites is 2. The van der Waals surface area contributed by atoms with Crippen LogP contribution in [-0.2, 0) is 6.61 Å². The number of ether oxygens (including phenoxy) is 1. The summed E-state index contributed by atoms with van der Waals surface area (Å²) < 4.78 is 5.68. The van der Waals surface area contributed by atoms with Crippen molar-refractivity contribution in [2.75, 3.05) is 5.32 Å². The molecule has 2 heterocycles. The third kappa shape index (κ3) is 1.69. The molecule has 1 aromatic carbocycles. The number of nitrogens with one attached hydrogen (secondary N) is 1. The molecule has 0 unspecified atom stereocenters. The van der Waals surface area contributed by atoms with Gasteiger partial charge < -0.3 is 15.2 Å². The molecule has 2 aromatic rings. The Bertz CT molecular complexity index is 591. The van der Waals surface area contributed by atoms with Gasteiger partial charge in [-0.05, 0) is 18.2 Å². The lowest BCUT2D eigenvalue weighted by atomic mass is 10.2. The molecule has 0 fully saturated rings. The van der Waals surface area contributed by atoms with E-state index in [1.165, 1.54) is 11.3 Å². The van der Waals surface area contributed by atoms with E-state index >= 15 is 0 Å². The van der Waals surface area contributed by atoms with Crippen LogP contribution in [0.15, 0.2) is 30.3 Å². The van der Waals surface area contributed by atoms with E-state index in [4.69, 9.17) is 9.84 Å². The first-order valence-electron chi connectivity index (χ1n) is 5.10. The lowest BCUT2D eigenvalue weighted by Gasteiger charge is -2.05. The van der Waals surface area contributed by atoms with Crippen LogP contribution in [0.1, 0.15) is 15.2 Å². The van der Waals surface area contributed by atoms with Crippen molar-refractivity contribution in [3.8, 4) is 10.8 Å². The minimum Gasteiger partial charge on any atom is -0.444 e. The summed E-state index contributed by atoms with van der Waals surface area (Å²) in [6.07, 6.45) is 0. The largest absolute Gasteiger partial charge is 0.444 e. The van der Waals surface area contributed by atoms with Crippen LogP contribution in [0.5, 0.6) is 10.8 Å². The molecule has 0 radical (unpaired) electrons. The topological polar surface area (TPSA) is 58.6 Å². The van der Waals surface area contributed by atoms with Crippen LogP contribution in [0.25, 0.3) is 0 Å². The van der Waals surface area contributed by atoms with Gasteiger partial charge in [-0.15, -0.1) is 11.3 Å². The van der Waals surface area contributed by atoms with Gasteiger partial charge >= 0.3 is 0 Å². The number of rotatable bonds is 1. The molecule has 0 aliphatic carbocycles. The van der Waals surface area contributed by atoms with E-state index in [-0.39, 0.29) is 12.5 Å². The summed E-state index contributed by atoms with van der Waals surface area (Å²) >= 11 is 1.28. The highest BCUT2D eigenvalue weighted by Gasteiger charge is 2.23. The lowest BCUT2D eigenvalue weighted by molar-refractivity contribution is 0.102. The van der Waals surface area contributed by atoms with E-state index in [2.05, 4.69) is 5.32 Å². The van der Waals surface area contributed by atoms with Crippen LogP contribution in [-0.4, -0.2) is 11.0 Å². The van der Waals surface area contributed by atoms with Crippen molar-refractivity contribution in [1.82, 2.24) is 0 Å². The van der Waals surface area contributed by atoms with Crippen molar-refractivity contribution in [2.45, 2.75) is 6.61 Å². The second-order valence-electron chi connectivity index (χ2n) is 3.62. The van der Waals surface area contributed by atoms with E-state index in [0.29, 0.717) is 26.9 Å². The Labute approximate surface area is 101 Å². The molecule has 2 N–H and O–H groups in total. The number of carbonyl (C=O) groups excluding carboxylic acids is 1. The van der Waals surface area contributed by atoms with Crippen LogP contribution in [0.3, 0.4) is 0 Å². The summed E-state index contributed by atoms with van der Waals surface area (Å²) in [6.45, 7) is -0.0873. The Balaban J connectivity index is 2.12. The van der Waals surface area contributed by atoms with E-state index in [1.54, 1.807) is 18.2 Å². The predicted octanol–water partition coefficient (Wildman–Crippen LogP) is 2.60. The Morgan fingerprint density at radius 1 is 1.35 bits per heavy atom. The van der Waals surface area contributed by atoms with Crippen molar-refractivity contribution < 1.29 is 14.6 Å². The van der Waals surface area contributed by atoms with Crippen molar-refractivity contribution >= 4 is 22.9 Å². The third-order valence-corrected chi connectivity index (χ3v) is 3.49. The fourth-order valence-electron chi connectivity index (χ4n) is 1.68. The summed E-state index contributed by atoms with van der Waals surface area (Å²) in [4.78, 5) is 12.6. The van der Waals surface area contributed by atoms with Gasteiger partial charge in [-0.2, -0.15) is 0 Å². The van der Waals surface area contributed by atoms with Crippen molar-refractivity contribution in [1.29, 1.82) is 0 Å². The number of carbonyl (C=O) groups is 1. The van der Waals surface area contributed by atoms with Gasteiger partial charge in [0.15, 0.2) is 10.8 Å². The zero-order chi connectivity index (χ0) is 11.8. The number of hydrogen-bond donors (Lipinski definition) is 2. The number of hydrogen-bond acceptors (Lipinski definition) is 4. The highest BCUT2D eigenvalue weighted by Crippen LogP contribution is 2.40. The van der Waals surface area contributed by atoms with Crippen LogP contribution < -0.4 is 10.1 Å².